The third-order valence-electron chi connectivity index (χ3n) is 11.9. The number of hydrogen-bond acceptors (Lipinski definition) is 4. The van der Waals surface area contributed by atoms with Crippen molar-refractivity contribution in [2.75, 3.05) is 4.90 Å². The molecule has 3 nitrogen and oxygen atoms in total. The SMILES string of the molecule is c1ccc(-c2nc(-c3cccc(N4c5cccc6ccc7c(c56)C45c4ccccc4-c4c5c-7cc5c4sc4ccccc45)c3)nc3ccccc23)cc1. The standard InChI is InChI=1S/C49H27N3S/c1-2-12-29(13-3-1)46-35-19-5-8-21-39(35)50-48(51-46)30-15-10-16-31(26-30)52-40-22-11-14-28-24-25-33-36-27-37-32-17-6-9-23-41(32)53-47(37)43-34-18-4-7-20-38(34)49(52,45(36)43)44(33)42(28)40/h1-27H. The normalized spacial score (nSPS) is 16.0. The van der Waals surface area contributed by atoms with Crippen LogP contribution >= 0.6 is 11.3 Å². The highest BCUT2D eigenvalue weighted by molar-refractivity contribution is 7.26. The second-order valence-electron chi connectivity index (χ2n) is 14.4. The van der Waals surface area contributed by atoms with Gasteiger partial charge in [0.05, 0.1) is 16.9 Å². The summed E-state index contributed by atoms with van der Waals surface area (Å²) in [7, 11) is 0. The topological polar surface area (TPSA) is 29.0 Å². The molecule has 3 aliphatic rings. The van der Waals surface area contributed by atoms with E-state index in [1.165, 1.54) is 75.6 Å². The van der Waals surface area contributed by atoms with E-state index in [0.717, 1.165) is 39.2 Å². The van der Waals surface area contributed by atoms with Crippen LogP contribution in [0.1, 0.15) is 16.7 Å². The summed E-state index contributed by atoms with van der Waals surface area (Å²) in [5.41, 5.74) is 15.4. The fraction of sp³-hybridized carbons (Fsp3) is 0.0204. The zero-order valence-electron chi connectivity index (χ0n) is 28.3. The molecule has 1 spiro atoms. The van der Waals surface area contributed by atoms with E-state index in [2.05, 4.69) is 169 Å². The first-order valence-corrected chi connectivity index (χ1v) is 19.0. The molecule has 1 unspecified atom stereocenters. The molecule has 4 heteroatoms. The van der Waals surface area contributed by atoms with Crippen LogP contribution in [0.5, 0.6) is 0 Å². The number of fused-ring (bicyclic) bond motifs is 8. The second kappa shape index (κ2) is 9.82. The van der Waals surface area contributed by atoms with E-state index in [9.17, 15) is 0 Å². The van der Waals surface area contributed by atoms with Crippen LogP contribution in [0, 0.1) is 0 Å². The molecule has 3 heterocycles. The van der Waals surface area contributed by atoms with Crippen molar-refractivity contribution in [2.24, 2.45) is 0 Å². The van der Waals surface area contributed by atoms with Crippen LogP contribution in [-0.4, -0.2) is 9.97 Å². The molecule has 0 bridgehead atoms. The molecule has 1 aliphatic heterocycles. The number of rotatable bonds is 3. The molecule has 2 aromatic heterocycles. The molecular weight excluding hydrogens is 663 g/mol. The number of para-hydroxylation sites is 1. The number of benzene rings is 8. The van der Waals surface area contributed by atoms with Gasteiger partial charge in [0.2, 0.25) is 0 Å². The fourth-order valence-corrected chi connectivity index (χ4v) is 11.2. The Kier molecular flexibility index (Phi) is 5.19. The Balaban J connectivity index is 1.12. The maximum absolute atomic E-state index is 5.28. The predicted octanol–water partition coefficient (Wildman–Crippen LogP) is 12.9. The largest absolute Gasteiger partial charge is 0.322 e. The van der Waals surface area contributed by atoms with Crippen LogP contribution in [0.3, 0.4) is 0 Å². The lowest BCUT2D eigenvalue weighted by atomic mass is 9.83. The number of nitrogens with zero attached hydrogens (tertiary/aromatic N) is 3. The first-order valence-electron chi connectivity index (χ1n) is 18.2. The third kappa shape index (κ3) is 3.36. The van der Waals surface area contributed by atoms with E-state index >= 15 is 0 Å². The van der Waals surface area contributed by atoms with Gasteiger partial charge in [0.25, 0.3) is 0 Å². The van der Waals surface area contributed by atoms with Crippen molar-refractivity contribution in [3.63, 3.8) is 0 Å². The minimum atomic E-state index is -0.512. The first kappa shape index (κ1) is 28.0. The van der Waals surface area contributed by atoms with E-state index in [1.807, 2.05) is 11.3 Å². The Bertz CT molecular complexity index is 3250. The molecule has 1 atom stereocenters. The number of aromatic nitrogens is 2. The summed E-state index contributed by atoms with van der Waals surface area (Å²) in [6.45, 7) is 0. The van der Waals surface area contributed by atoms with Gasteiger partial charge in [0.1, 0.15) is 5.54 Å². The third-order valence-corrected chi connectivity index (χ3v) is 13.1. The van der Waals surface area contributed by atoms with Gasteiger partial charge in [-0.2, -0.15) is 0 Å². The van der Waals surface area contributed by atoms with Crippen LogP contribution in [0.25, 0.3) is 86.7 Å². The van der Waals surface area contributed by atoms with E-state index < -0.39 is 5.54 Å². The molecule has 2 aliphatic carbocycles. The highest BCUT2D eigenvalue weighted by Crippen LogP contribution is 2.71. The first-order chi connectivity index (χ1) is 26.3. The van der Waals surface area contributed by atoms with Crippen molar-refractivity contribution in [3.8, 4) is 44.9 Å². The van der Waals surface area contributed by atoms with Crippen molar-refractivity contribution in [3.05, 3.63) is 180 Å². The van der Waals surface area contributed by atoms with E-state index in [0.29, 0.717) is 0 Å². The molecule has 0 N–H and O–H groups in total. The van der Waals surface area contributed by atoms with Gasteiger partial charge in [-0.15, -0.1) is 11.3 Å². The summed E-state index contributed by atoms with van der Waals surface area (Å²) >= 11 is 1.93. The fourth-order valence-electron chi connectivity index (χ4n) is 9.93. The smallest absolute Gasteiger partial charge is 0.160 e. The molecule has 13 rings (SSSR count). The van der Waals surface area contributed by atoms with Gasteiger partial charge in [0.15, 0.2) is 5.82 Å². The molecule has 0 saturated carbocycles. The molecule has 0 radical (unpaired) electrons. The molecule has 10 aromatic rings. The highest BCUT2D eigenvalue weighted by atomic mass is 32.1. The molecule has 0 saturated heterocycles. The summed E-state index contributed by atoms with van der Waals surface area (Å²) in [5, 5.41) is 6.36. The molecule has 8 aromatic carbocycles. The molecular formula is C49H27N3S. The number of thiophene rings is 1. The van der Waals surface area contributed by atoms with Crippen LogP contribution in [0.15, 0.2) is 164 Å². The zero-order valence-corrected chi connectivity index (χ0v) is 29.2. The van der Waals surface area contributed by atoms with Crippen LogP contribution in [0.2, 0.25) is 0 Å². The van der Waals surface area contributed by atoms with E-state index in [4.69, 9.17) is 9.97 Å². The lowest BCUT2D eigenvalue weighted by molar-refractivity contribution is 0.686. The van der Waals surface area contributed by atoms with Gasteiger partial charge < -0.3 is 4.90 Å². The van der Waals surface area contributed by atoms with Crippen LogP contribution in [0.4, 0.5) is 11.4 Å². The quantitative estimate of drug-likeness (QED) is 0.185. The minimum absolute atomic E-state index is 0.512. The van der Waals surface area contributed by atoms with Gasteiger partial charge >= 0.3 is 0 Å². The summed E-state index contributed by atoms with van der Waals surface area (Å²) < 4.78 is 2.71. The lowest BCUT2D eigenvalue weighted by Gasteiger charge is -2.39. The van der Waals surface area contributed by atoms with Gasteiger partial charge in [-0.05, 0) is 64.0 Å². The predicted molar refractivity (Wildman–Crippen MR) is 220 cm³/mol. The van der Waals surface area contributed by atoms with Crippen LogP contribution < -0.4 is 4.90 Å². The summed E-state index contributed by atoms with van der Waals surface area (Å²) in [6, 6.07) is 59.8. The van der Waals surface area contributed by atoms with Crippen molar-refractivity contribution in [2.45, 2.75) is 5.54 Å². The second-order valence-corrected chi connectivity index (χ2v) is 15.5. The minimum Gasteiger partial charge on any atom is -0.322 e. The maximum Gasteiger partial charge on any atom is 0.160 e. The Labute approximate surface area is 309 Å². The highest BCUT2D eigenvalue weighted by Gasteiger charge is 2.60. The summed E-state index contributed by atoms with van der Waals surface area (Å²) in [4.78, 5) is 13.1. The van der Waals surface area contributed by atoms with Crippen molar-refractivity contribution in [1.29, 1.82) is 0 Å². The molecule has 0 fully saturated rings. The number of anilines is 2. The molecule has 53 heavy (non-hydrogen) atoms. The maximum atomic E-state index is 5.28. The Morgan fingerprint density at radius 1 is 0.528 bits per heavy atom. The van der Waals surface area contributed by atoms with Gasteiger partial charge in [0, 0.05) is 64.4 Å². The monoisotopic (exact) mass is 689 g/mol. The molecule has 0 amide bonds. The Morgan fingerprint density at radius 3 is 2.26 bits per heavy atom. The van der Waals surface area contributed by atoms with Crippen LogP contribution in [-0.2, 0) is 5.54 Å². The molecule has 244 valence electrons. The lowest BCUT2D eigenvalue weighted by Crippen LogP contribution is -2.39. The van der Waals surface area contributed by atoms with E-state index in [1.54, 1.807) is 0 Å². The average molecular weight is 690 g/mol. The van der Waals surface area contributed by atoms with Gasteiger partial charge in [-0.25, -0.2) is 9.97 Å². The summed E-state index contributed by atoms with van der Waals surface area (Å²) in [6.07, 6.45) is 0. The summed E-state index contributed by atoms with van der Waals surface area (Å²) in [5.74, 6) is 0.726. The average Bonchev–Trinajstić information content (AvgIpc) is 3.92. The van der Waals surface area contributed by atoms with Crippen molar-refractivity contribution < 1.29 is 0 Å². The zero-order chi connectivity index (χ0) is 34.4. The van der Waals surface area contributed by atoms with E-state index in [-0.39, 0.29) is 0 Å². The van der Waals surface area contributed by atoms with Gasteiger partial charge in [-0.3, -0.25) is 0 Å². The Hall–Kier alpha value is -6.62. The number of hydrogen-bond donors (Lipinski definition) is 0. The van der Waals surface area contributed by atoms with Crippen molar-refractivity contribution >= 4 is 64.6 Å². The van der Waals surface area contributed by atoms with Gasteiger partial charge in [-0.1, -0.05) is 127 Å². The van der Waals surface area contributed by atoms with Crippen molar-refractivity contribution in [1.82, 2.24) is 9.97 Å². The Morgan fingerprint density at radius 2 is 1.32 bits per heavy atom.